The van der Waals surface area contributed by atoms with Gasteiger partial charge in [-0.15, -0.1) is 11.3 Å². The zero-order valence-electron chi connectivity index (χ0n) is 15.4. The van der Waals surface area contributed by atoms with E-state index < -0.39 is 30.0 Å². The van der Waals surface area contributed by atoms with Crippen molar-refractivity contribution in [1.29, 1.82) is 0 Å². The largest absolute Gasteiger partial charge is 0.525 e. The van der Waals surface area contributed by atoms with Crippen molar-refractivity contribution < 1.29 is 23.2 Å². The van der Waals surface area contributed by atoms with E-state index in [9.17, 15) is 9.18 Å². The van der Waals surface area contributed by atoms with Gasteiger partial charge in [0.15, 0.2) is 0 Å². The summed E-state index contributed by atoms with van der Waals surface area (Å²) in [5.41, 5.74) is -1.21. The van der Waals surface area contributed by atoms with Crippen LogP contribution < -0.4 is 0 Å². The van der Waals surface area contributed by atoms with Crippen LogP contribution in [0.1, 0.15) is 51.3 Å². The molecule has 1 aromatic rings. The van der Waals surface area contributed by atoms with Crippen molar-refractivity contribution >= 4 is 30.0 Å². The number of esters is 1. The molecule has 0 saturated carbocycles. The number of thiophene rings is 1. The smallest absolute Gasteiger partial charge is 0.456 e. The lowest BCUT2D eigenvalue weighted by Gasteiger charge is -2.32. The third-order valence-electron chi connectivity index (χ3n) is 4.36. The Kier molecular flexibility index (Phi) is 5.77. The van der Waals surface area contributed by atoms with Crippen molar-refractivity contribution in [2.24, 2.45) is 0 Å². The second-order valence-corrected chi connectivity index (χ2v) is 7.78. The molecule has 0 radical (unpaired) electrons. The minimum Gasteiger partial charge on any atom is -0.456 e. The van der Waals surface area contributed by atoms with Gasteiger partial charge in [-0.05, 0) is 65.2 Å². The molecule has 0 spiro atoms. The number of hydrogen-bond donors (Lipinski definition) is 0. The molecule has 1 aromatic heterocycles. The van der Waals surface area contributed by atoms with E-state index in [0.29, 0.717) is 15.3 Å². The topological polar surface area (TPSA) is 44.8 Å². The van der Waals surface area contributed by atoms with Crippen molar-refractivity contribution in [1.82, 2.24) is 0 Å². The van der Waals surface area contributed by atoms with E-state index >= 15 is 0 Å². The number of carbonyl (C=O) groups excluding carboxylic acids is 1. The summed E-state index contributed by atoms with van der Waals surface area (Å²) >= 11 is 1.30. The van der Waals surface area contributed by atoms with Gasteiger partial charge in [0.1, 0.15) is 5.73 Å². The van der Waals surface area contributed by atoms with Crippen LogP contribution in [0, 0.1) is 11.8 Å². The Balaban J connectivity index is 2.19. The molecule has 1 fully saturated rings. The molecule has 134 valence electrons. The van der Waals surface area contributed by atoms with Crippen LogP contribution in [0.15, 0.2) is 17.9 Å². The zero-order chi connectivity index (χ0) is 18.8. The Labute approximate surface area is 152 Å². The summed E-state index contributed by atoms with van der Waals surface area (Å²) in [6.45, 7) is 11.2. The van der Waals surface area contributed by atoms with Gasteiger partial charge in [-0.2, -0.15) is 0 Å². The highest BCUT2D eigenvalue weighted by Crippen LogP contribution is 2.40. The van der Waals surface area contributed by atoms with E-state index in [1.807, 2.05) is 27.7 Å². The van der Waals surface area contributed by atoms with Crippen LogP contribution in [0.5, 0.6) is 0 Å². The Morgan fingerprint density at radius 2 is 1.88 bits per heavy atom. The zero-order valence-corrected chi connectivity index (χ0v) is 16.2. The molecule has 1 saturated heterocycles. The van der Waals surface area contributed by atoms with Gasteiger partial charge in [-0.25, -0.2) is 9.18 Å². The highest BCUT2D eigenvalue weighted by molar-refractivity contribution is 7.13. The van der Waals surface area contributed by atoms with E-state index in [1.54, 1.807) is 26.0 Å². The lowest BCUT2D eigenvalue weighted by Crippen LogP contribution is -2.41. The van der Waals surface area contributed by atoms with E-state index in [4.69, 9.17) is 14.0 Å². The van der Waals surface area contributed by atoms with Gasteiger partial charge in [0.05, 0.1) is 22.7 Å². The van der Waals surface area contributed by atoms with Gasteiger partial charge in [0.25, 0.3) is 0 Å². The van der Waals surface area contributed by atoms with E-state index in [-0.39, 0.29) is 6.61 Å². The Morgan fingerprint density at radius 1 is 1.28 bits per heavy atom. The summed E-state index contributed by atoms with van der Waals surface area (Å²) in [5, 5.41) is 0. The van der Waals surface area contributed by atoms with Crippen molar-refractivity contribution in [3.05, 3.63) is 27.6 Å². The molecule has 0 atom stereocenters. The summed E-state index contributed by atoms with van der Waals surface area (Å²) < 4.78 is 31.1. The Morgan fingerprint density at radius 3 is 2.44 bits per heavy atom. The molecule has 0 N–H and O–H groups in total. The van der Waals surface area contributed by atoms with Crippen LogP contribution in [0.3, 0.4) is 0 Å². The number of carbonyl (C=O) groups is 1. The Bertz CT molecular complexity index is 739. The van der Waals surface area contributed by atoms with Crippen LogP contribution in [0.2, 0.25) is 0 Å². The van der Waals surface area contributed by atoms with Crippen molar-refractivity contribution in [2.45, 2.75) is 52.7 Å². The highest BCUT2D eigenvalue weighted by atomic mass is 32.1. The predicted molar refractivity (Wildman–Crippen MR) is 97.6 cm³/mol. The van der Waals surface area contributed by atoms with Crippen molar-refractivity contribution in [2.75, 3.05) is 6.61 Å². The van der Waals surface area contributed by atoms with Gasteiger partial charge in [-0.1, -0.05) is 0 Å². The molecular formula is C18H22BFO4S. The average molecular weight is 364 g/mol. The molecule has 2 heterocycles. The molecule has 2 rings (SSSR count). The number of hydrogen-bond acceptors (Lipinski definition) is 5. The lowest BCUT2D eigenvalue weighted by atomic mass is 9.84. The fraction of sp³-hybridized carbons (Fsp3) is 0.500. The fourth-order valence-electron chi connectivity index (χ4n) is 2.13. The molecular weight excluding hydrogens is 342 g/mol. The molecule has 7 heteroatoms. The summed E-state index contributed by atoms with van der Waals surface area (Å²) in [7, 11) is -1.03. The van der Waals surface area contributed by atoms with Crippen LogP contribution >= 0.6 is 11.3 Å². The first-order valence-electron chi connectivity index (χ1n) is 8.08. The van der Waals surface area contributed by atoms with Gasteiger partial charge >= 0.3 is 13.1 Å². The van der Waals surface area contributed by atoms with E-state index in [0.717, 1.165) is 0 Å². The van der Waals surface area contributed by atoms with Crippen LogP contribution in [-0.2, 0) is 18.8 Å². The monoisotopic (exact) mass is 364 g/mol. The van der Waals surface area contributed by atoms with E-state index in [2.05, 4.69) is 11.8 Å². The number of allylic oxidation sites excluding steroid dienone is 1. The lowest BCUT2D eigenvalue weighted by molar-refractivity contribution is -0.136. The predicted octanol–water partition coefficient (Wildman–Crippen LogP) is 3.99. The third-order valence-corrected chi connectivity index (χ3v) is 5.48. The summed E-state index contributed by atoms with van der Waals surface area (Å²) in [5.74, 6) is 4.55. The molecule has 4 nitrogen and oxygen atoms in total. The Hall–Kier alpha value is -1.62. The first kappa shape index (κ1) is 19.7. The third kappa shape index (κ3) is 4.32. The molecule has 0 aliphatic carbocycles. The maximum absolute atomic E-state index is 14.8. The first-order valence-corrected chi connectivity index (χ1v) is 8.90. The summed E-state index contributed by atoms with van der Waals surface area (Å²) in [4.78, 5) is 12.6. The van der Waals surface area contributed by atoms with Crippen LogP contribution in [0.4, 0.5) is 4.39 Å². The van der Waals surface area contributed by atoms with Crippen LogP contribution in [-0.4, -0.2) is 30.9 Å². The normalized spacial score (nSPS) is 19.1. The second kappa shape index (κ2) is 7.32. The van der Waals surface area contributed by atoms with E-state index in [1.165, 1.54) is 11.3 Å². The molecule has 0 bridgehead atoms. The second-order valence-electron chi connectivity index (χ2n) is 6.70. The first-order chi connectivity index (χ1) is 11.6. The van der Waals surface area contributed by atoms with Crippen molar-refractivity contribution in [3.63, 3.8) is 0 Å². The fourth-order valence-corrected chi connectivity index (χ4v) is 2.99. The molecule has 25 heavy (non-hydrogen) atoms. The highest BCUT2D eigenvalue weighted by Gasteiger charge is 2.53. The molecule has 1 aliphatic rings. The standard InChI is InChI=1S/C18H22BFO4S/c1-7-22-15(21)11-9-13-8-10-14(25-13)12(2)16(20)19-23-17(3,4)18(5,6)24-19/h8,10H,7H2,1-6H3. The van der Waals surface area contributed by atoms with Crippen LogP contribution in [0.25, 0.3) is 5.57 Å². The van der Waals surface area contributed by atoms with Gasteiger partial charge in [0.2, 0.25) is 0 Å². The molecule has 1 aliphatic heterocycles. The average Bonchev–Trinajstić information content (AvgIpc) is 3.07. The number of rotatable bonds is 3. The maximum atomic E-state index is 14.8. The van der Waals surface area contributed by atoms with Gasteiger partial charge < -0.3 is 14.0 Å². The number of ether oxygens (including phenoxy) is 1. The number of halogens is 1. The van der Waals surface area contributed by atoms with Gasteiger partial charge in [-0.3, -0.25) is 0 Å². The van der Waals surface area contributed by atoms with Crippen molar-refractivity contribution in [3.8, 4) is 11.8 Å². The quantitative estimate of drug-likeness (QED) is 0.462. The molecule has 0 unspecified atom stereocenters. The SMILES string of the molecule is CCOC(=O)C#Cc1ccc(C(C)=C(F)B2OC(C)(C)C(C)(C)O2)s1. The molecule has 0 aromatic carbocycles. The summed E-state index contributed by atoms with van der Waals surface area (Å²) in [6, 6.07) is 3.51. The molecule has 0 amide bonds. The summed E-state index contributed by atoms with van der Waals surface area (Å²) in [6.07, 6.45) is 0. The minimum absolute atomic E-state index is 0.282. The van der Waals surface area contributed by atoms with Gasteiger partial charge in [0, 0.05) is 10.8 Å². The minimum atomic E-state index is -1.03. The maximum Gasteiger partial charge on any atom is 0.525 e.